The number of anilines is 1. The van der Waals surface area contributed by atoms with Crippen molar-refractivity contribution in [3.05, 3.63) is 92.3 Å². The summed E-state index contributed by atoms with van der Waals surface area (Å²) in [5, 5.41) is 10.5. The van der Waals surface area contributed by atoms with E-state index in [1.165, 1.54) is 19.3 Å². The number of rotatable bonds is 10. The van der Waals surface area contributed by atoms with Crippen molar-refractivity contribution in [1.82, 2.24) is 20.1 Å². The number of methoxy groups -OCH3 is 1. The van der Waals surface area contributed by atoms with Gasteiger partial charge in [-0.3, -0.25) is 14.4 Å². The molecule has 1 atom stereocenters. The van der Waals surface area contributed by atoms with Crippen LogP contribution in [0.5, 0.6) is 5.88 Å². The van der Waals surface area contributed by atoms with Crippen molar-refractivity contribution in [2.75, 3.05) is 19.0 Å². The zero-order valence-electron chi connectivity index (χ0n) is 23.0. The fraction of sp³-hybridized carbons (Fsp3) is 0.233. The first-order valence-electron chi connectivity index (χ1n) is 12.8. The van der Waals surface area contributed by atoms with Crippen LogP contribution in [0.4, 0.5) is 5.69 Å². The minimum atomic E-state index is -0.603. The number of aromatic nitrogens is 3. The van der Waals surface area contributed by atoms with Crippen molar-refractivity contribution in [2.45, 2.75) is 20.4 Å². The molecule has 4 aromatic rings. The van der Waals surface area contributed by atoms with Gasteiger partial charge in [0.05, 0.1) is 28.5 Å². The van der Waals surface area contributed by atoms with E-state index in [-0.39, 0.29) is 22.3 Å². The topological polar surface area (TPSA) is 115 Å². The van der Waals surface area contributed by atoms with Gasteiger partial charge in [-0.25, -0.2) is 9.67 Å². The Labute approximate surface area is 247 Å². The van der Waals surface area contributed by atoms with Gasteiger partial charge >= 0.3 is 0 Å². The number of carbonyl (C=O) groups is 2. The Morgan fingerprint density at radius 3 is 2.39 bits per heavy atom. The molecular formula is C30H29Cl2N5O4. The van der Waals surface area contributed by atoms with E-state index in [0.29, 0.717) is 52.1 Å². The number of halogens is 2. The Kier molecular flexibility index (Phi) is 9.54. The summed E-state index contributed by atoms with van der Waals surface area (Å²) in [6.07, 6.45) is 1.38. The third-order valence-corrected chi connectivity index (χ3v) is 7.47. The van der Waals surface area contributed by atoms with Gasteiger partial charge in [0, 0.05) is 54.5 Å². The van der Waals surface area contributed by atoms with Crippen LogP contribution in [0.25, 0.3) is 22.4 Å². The molecular weight excluding hydrogens is 565 g/mol. The maximum Gasteiger partial charge on any atom is 0.279 e. The summed E-state index contributed by atoms with van der Waals surface area (Å²) in [6, 6.07) is 15.8. The minimum Gasteiger partial charge on any atom is -0.481 e. The Bertz CT molecular complexity index is 1670. The Balaban J connectivity index is 1.62. The molecule has 0 radical (unpaired) electrons. The van der Waals surface area contributed by atoms with Crippen molar-refractivity contribution >= 4 is 40.6 Å². The second kappa shape index (κ2) is 13.1. The number of ether oxygens (including phenoxy) is 1. The number of pyridine rings is 1. The van der Waals surface area contributed by atoms with E-state index in [0.717, 1.165) is 10.2 Å². The van der Waals surface area contributed by atoms with Crippen LogP contribution < -0.4 is 20.9 Å². The molecule has 9 nitrogen and oxygen atoms in total. The summed E-state index contributed by atoms with van der Waals surface area (Å²) in [7, 11) is 3.01. The number of Topliss-reactive ketones (excluding diaryl/α,β-unsaturated/α-hetero) is 1. The maximum absolute atomic E-state index is 12.8. The lowest BCUT2D eigenvalue weighted by Gasteiger charge is -2.15. The molecule has 4 rings (SSSR count). The number of nitrogens with zero attached hydrogens (tertiary/aromatic N) is 3. The van der Waals surface area contributed by atoms with Gasteiger partial charge in [-0.05, 0) is 25.1 Å². The van der Waals surface area contributed by atoms with Gasteiger partial charge < -0.3 is 15.4 Å². The fourth-order valence-corrected chi connectivity index (χ4v) is 4.74. The number of ketones is 1. The molecule has 2 aromatic carbocycles. The molecule has 0 saturated heterocycles. The van der Waals surface area contributed by atoms with Crippen LogP contribution in [0.15, 0.2) is 65.6 Å². The highest BCUT2D eigenvalue weighted by Crippen LogP contribution is 2.41. The smallest absolute Gasteiger partial charge is 0.279 e. The lowest BCUT2D eigenvalue weighted by atomic mass is 10.00. The molecule has 1 amide bonds. The lowest BCUT2D eigenvalue weighted by Crippen LogP contribution is -2.28. The second-order valence-corrected chi connectivity index (χ2v) is 10.2. The van der Waals surface area contributed by atoms with Crippen LogP contribution >= 0.6 is 23.2 Å². The van der Waals surface area contributed by atoms with Crippen LogP contribution in [-0.2, 0) is 18.4 Å². The number of hydrogen-bond acceptors (Lipinski definition) is 7. The number of carbonyl (C=O) groups excluding carboxylic acids is 2. The lowest BCUT2D eigenvalue weighted by molar-refractivity contribution is -0.120. The highest BCUT2D eigenvalue weighted by molar-refractivity contribution is 6.39. The summed E-state index contributed by atoms with van der Waals surface area (Å²) in [5.74, 6) is -0.123. The normalized spacial score (nSPS) is 11.7. The van der Waals surface area contributed by atoms with Gasteiger partial charge in [-0.1, -0.05) is 66.5 Å². The largest absolute Gasteiger partial charge is 0.481 e. The van der Waals surface area contributed by atoms with E-state index in [9.17, 15) is 14.4 Å². The van der Waals surface area contributed by atoms with Crippen LogP contribution in [0.3, 0.4) is 0 Å². The average molecular weight is 594 g/mol. The fourth-order valence-electron chi connectivity index (χ4n) is 4.14. The summed E-state index contributed by atoms with van der Waals surface area (Å²) in [4.78, 5) is 41.3. The second-order valence-electron chi connectivity index (χ2n) is 9.47. The summed E-state index contributed by atoms with van der Waals surface area (Å²) in [6.45, 7) is 4.49. The quantitative estimate of drug-likeness (QED) is 0.253. The van der Waals surface area contributed by atoms with Crippen LogP contribution in [0, 0.1) is 5.92 Å². The molecule has 11 heteroatoms. The number of hydrogen-bond donors (Lipinski definition) is 2. The molecule has 0 aliphatic rings. The first-order chi connectivity index (χ1) is 19.6. The first kappa shape index (κ1) is 29.9. The number of aryl methyl sites for hydroxylation is 1. The highest BCUT2D eigenvalue weighted by Gasteiger charge is 2.19. The van der Waals surface area contributed by atoms with E-state index in [4.69, 9.17) is 27.9 Å². The molecule has 212 valence electrons. The van der Waals surface area contributed by atoms with Gasteiger partial charge in [0.2, 0.25) is 5.88 Å². The summed E-state index contributed by atoms with van der Waals surface area (Å²) < 4.78 is 6.62. The zero-order valence-corrected chi connectivity index (χ0v) is 24.5. The molecule has 0 fully saturated rings. The third-order valence-electron chi connectivity index (χ3n) is 6.65. The van der Waals surface area contributed by atoms with E-state index in [2.05, 4.69) is 20.7 Å². The van der Waals surface area contributed by atoms with E-state index in [1.807, 2.05) is 37.3 Å². The first-order valence-corrected chi connectivity index (χ1v) is 13.5. The average Bonchev–Trinajstić information content (AvgIpc) is 2.96. The molecule has 2 heterocycles. The van der Waals surface area contributed by atoms with Crippen LogP contribution in [0.1, 0.15) is 29.8 Å². The van der Waals surface area contributed by atoms with E-state index < -0.39 is 11.5 Å². The number of nitrogens with one attached hydrogen (secondary N) is 2. The molecule has 2 aromatic heterocycles. The van der Waals surface area contributed by atoms with Gasteiger partial charge in [0.15, 0.2) is 0 Å². The van der Waals surface area contributed by atoms with Crippen LogP contribution in [0.2, 0.25) is 10.0 Å². The molecule has 1 unspecified atom stereocenters. The summed E-state index contributed by atoms with van der Waals surface area (Å²) >= 11 is 13.6. The Hall–Kier alpha value is -4.05. The van der Waals surface area contributed by atoms with Gasteiger partial charge in [0.25, 0.3) is 11.5 Å². The molecule has 0 aliphatic heterocycles. The standard InChI is InChI=1S/C30H29Cl2N5O4/c1-17(18(2)38)15-33-16-19-11-12-24(36-29(19)41-4)22-9-5-7-20(26(22)31)21-8-6-10-25(27(21)32)35-28(39)23-13-14-34-37(3)30(23)40/h5-14,17,33H,15-16H2,1-4H3,(H,35,39). The van der Waals surface area contributed by atoms with Crippen molar-refractivity contribution in [2.24, 2.45) is 13.0 Å². The SMILES string of the molecule is COc1nc(-c2cccc(-c3cccc(NC(=O)c4ccnn(C)c4=O)c3Cl)c2Cl)ccc1CNCC(C)C(C)=O. The molecule has 0 aliphatic carbocycles. The van der Waals surface area contributed by atoms with Gasteiger partial charge in [0.1, 0.15) is 11.3 Å². The monoisotopic (exact) mass is 593 g/mol. The number of amides is 1. The molecule has 0 spiro atoms. The summed E-state index contributed by atoms with van der Waals surface area (Å²) in [5.41, 5.74) is 3.07. The van der Waals surface area contributed by atoms with Crippen molar-refractivity contribution in [1.29, 1.82) is 0 Å². The third kappa shape index (κ3) is 6.65. The predicted octanol–water partition coefficient (Wildman–Crippen LogP) is 5.39. The number of benzene rings is 2. The zero-order chi connectivity index (χ0) is 29.7. The molecule has 0 bridgehead atoms. The van der Waals surface area contributed by atoms with Gasteiger partial charge in [-0.2, -0.15) is 5.10 Å². The molecule has 2 N–H and O–H groups in total. The van der Waals surface area contributed by atoms with Crippen molar-refractivity contribution in [3.8, 4) is 28.3 Å². The Morgan fingerprint density at radius 2 is 1.68 bits per heavy atom. The van der Waals surface area contributed by atoms with E-state index >= 15 is 0 Å². The predicted molar refractivity (Wildman–Crippen MR) is 161 cm³/mol. The van der Waals surface area contributed by atoms with E-state index in [1.54, 1.807) is 32.2 Å². The maximum atomic E-state index is 12.8. The van der Waals surface area contributed by atoms with Gasteiger partial charge in [-0.15, -0.1) is 0 Å². The molecule has 41 heavy (non-hydrogen) atoms. The van der Waals surface area contributed by atoms with Crippen molar-refractivity contribution in [3.63, 3.8) is 0 Å². The molecule has 0 saturated carbocycles. The minimum absolute atomic E-state index is 0.0592. The van der Waals surface area contributed by atoms with Crippen molar-refractivity contribution < 1.29 is 14.3 Å². The highest BCUT2D eigenvalue weighted by atomic mass is 35.5. The Morgan fingerprint density at radius 1 is 1.00 bits per heavy atom. The van der Waals surface area contributed by atoms with Crippen LogP contribution in [-0.4, -0.2) is 40.1 Å².